The van der Waals surface area contributed by atoms with Crippen LogP contribution in [-0.2, 0) is 24.3 Å². The van der Waals surface area contributed by atoms with Crippen molar-refractivity contribution in [2.75, 3.05) is 0 Å². The number of aromatic nitrogens is 3. The lowest BCUT2D eigenvalue weighted by Gasteiger charge is -2.23. The number of nitrogens with zero attached hydrogens (tertiary/aromatic N) is 4. The number of aryl methyl sites for hydroxylation is 1. The maximum Gasteiger partial charge on any atom is 0.227 e. The van der Waals surface area contributed by atoms with Crippen LogP contribution >= 0.6 is 0 Å². The van der Waals surface area contributed by atoms with Gasteiger partial charge in [0, 0.05) is 43.9 Å². The van der Waals surface area contributed by atoms with Crippen LogP contribution in [0.25, 0.3) is 11.4 Å². The number of amides is 1. The third-order valence-corrected chi connectivity index (χ3v) is 4.73. The first-order valence-electron chi connectivity index (χ1n) is 9.86. The van der Waals surface area contributed by atoms with E-state index in [0.29, 0.717) is 37.6 Å². The molecule has 0 aliphatic rings. The number of hydrogen-bond acceptors (Lipinski definition) is 5. The molecule has 0 saturated heterocycles. The van der Waals surface area contributed by atoms with Crippen LogP contribution in [0.5, 0.6) is 0 Å². The predicted octanol–water partition coefficient (Wildman–Crippen LogP) is 4.29. The summed E-state index contributed by atoms with van der Waals surface area (Å²) in [5.41, 5.74) is 2.98. The van der Waals surface area contributed by atoms with Gasteiger partial charge in [-0.25, -0.2) is 0 Å². The highest BCUT2D eigenvalue weighted by molar-refractivity contribution is 5.76. The van der Waals surface area contributed by atoms with Crippen LogP contribution in [0.15, 0.2) is 89.7 Å². The molecule has 4 aromatic rings. The second-order valence-electron chi connectivity index (χ2n) is 6.97. The molecule has 1 amide bonds. The first kappa shape index (κ1) is 19.5. The number of carbonyl (C=O) groups excluding carboxylic acids is 1. The summed E-state index contributed by atoms with van der Waals surface area (Å²) in [7, 11) is 0. The summed E-state index contributed by atoms with van der Waals surface area (Å²) >= 11 is 0. The molecule has 150 valence electrons. The van der Waals surface area contributed by atoms with Gasteiger partial charge in [-0.15, -0.1) is 0 Å². The van der Waals surface area contributed by atoms with E-state index in [1.54, 1.807) is 12.4 Å². The molecule has 0 aliphatic carbocycles. The molecule has 0 saturated carbocycles. The number of carbonyl (C=O) groups is 1. The zero-order valence-corrected chi connectivity index (χ0v) is 16.5. The van der Waals surface area contributed by atoms with Crippen LogP contribution in [0.4, 0.5) is 0 Å². The van der Waals surface area contributed by atoms with Crippen molar-refractivity contribution in [3.63, 3.8) is 0 Å². The van der Waals surface area contributed by atoms with Gasteiger partial charge in [-0.1, -0.05) is 65.8 Å². The van der Waals surface area contributed by atoms with E-state index in [9.17, 15) is 4.79 Å². The normalized spacial score (nSPS) is 10.7. The van der Waals surface area contributed by atoms with Gasteiger partial charge in [-0.2, -0.15) is 4.98 Å². The molecule has 4 rings (SSSR count). The molecular formula is C24H22N4O2. The Morgan fingerprint density at radius 3 is 2.13 bits per heavy atom. The predicted molar refractivity (Wildman–Crippen MR) is 113 cm³/mol. The van der Waals surface area contributed by atoms with Crippen molar-refractivity contribution in [1.82, 2.24) is 20.0 Å². The van der Waals surface area contributed by atoms with Crippen LogP contribution < -0.4 is 0 Å². The maximum absolute atomic E-state index is 13.0. The van der Waals surface area contributed by atoms with Gasteiger partial charge in [-0.3, -0.25) is 9.78 Å². The topological polar surface area (TPSA) is 72.1 Å². The van der Waals surface area contributed by atoms with Crippen molar-refractivity contribution in [3.05, 3.63) is 102 Å². The molecule has 0 fully saturated rings. The van der Waals surface area contributed by atoms with Crippen molar-refractivity contribution in [3.8, 4) is 11.4 Å². The van der Waals surface area contributed by atoms with Gasteiger partial charge in [0.15, 0.2) is 0 Å². The third kappa shape index (κ3) is 5.17. The fraction of sp³-hybridized carbons (Fsp3) is 0.167. The Balaban J connectivity index is 1.43. The SMILES string of the molecule is O=C(CCc1nc(-c2cccnc2)no1)N(Cc1ccccc1)Cc1ccccc1. The zero-order chi connectivity index (χ0) is 20.6. The van der Waals surface area contributed by atoms with Crippen LogP contribution in [-0.4, -0.2) is 25.9 Å². The molecule has 0 bridgehead atoms. The molecule has 0 atom stereocenters. The Morgan fingerprint density at radius 2 is 1.53 bits per heavy atom. The van der Waals surface area contributed by atoms with E-state index in [1.807, 2.05) is 77.7 Å². The lowest BCUT2D eigenvalue weighted by Crippen LogP contribution is -2.30. The molecule has 2 aromatic carbocycles. The summed E-state index contributed by atoms with van der Waals surface area (Å²) in [6.45, 7) is 1.11. The Labute approximate surface area is 175 Å². The lowest BCUT2D eigenvalue weighted by molar-refractivity contribution is -0.132. The van der Waals surface area contributed by atoms with Gasteiger partial charge in [0.05, 0.1) is 0 Å². The van der Waals surface area contributed by atoms with Crippen molar-refractivity contribution in [2.45, 2.75) is 25.9 Å². The molecule has 2 heterocycles. The summed E-state index contributed by atoms with van der Waals surface area (Å²) in [5, 5.41) is 3.99. The van der Waals surface area contributed by atoms with Crippen LogP contribution in [0.2, 0.25) is 0 Å². The number of hydrogen-bond donors (Lipinski definition) is 0. The Hall–Kier alpha value is -3.80. The summed E-state index contributed by atoms with van der Waals surface area (Å²) in [4.78, 5) is 23.3. The van der Waals surface area contributed by atoms with Crippen LogP contribution in [0.3, 0.4) is 0 Å². The van der Waals surface area contributed by atoms with E-state index >= 15 is 0 Å². The van der Waals surface area contributed by atoms with Crippen molar-refractivity contribution >= 4 is 5.91 Å². The molecule has 6 heteroatoms. The highest BCUT2D eigenvalue weighted by Crippen LogP contribution is 2.16. The summed E-state index contributed by atoms with van der Waals surface area (Å²) in [5.74, 6) is 0.974. The summed E-state index contributed by atoms with van der Waals surface area (Å²) < 4.78 is 5.33. The largest absolute Gasteiger partial charge is 0.339 e. The average molecular weight is 398 g/mol. The Morgan fingerprint density at radius 1 is 0.867 bits per heavy atom. The van der Waals surface area contributed by atoms with E-state index in [1.165, 1.54) is 0 Å². The van der Waals surface area contributed by atoms with E-state index in [-0.39, 0.29) is 5.91 Å². The first-order valence-corrected chi connectivity index (χ1v) is 9.86. The number of pyridine rings is 1. The Kier molecular flexibility index (Phi) is 6.25. The van der Waals surface area contributed by atoms with Gasteiger partial charge < -0.3 is 9.42 Å². The van der Waals surface area contributed by atoms with E-state index in [2.05, 4.69) is 15.1 Å². The molecule has 2 aromatic heterocycles. The molecule has 0 radical (unpaired) electrons. The lowest BCUT2D eigenvalue weighted by atomic mass is 10.1. The number of rotatable bonds is 8. The second-order valence-corrected chi connectivity index (χ2v) is 6.97. The van der Waals surface area contributed by atoms with E-state index in [0.717, 1.165) is 16.7 Å². The fourth-order valence-corrected chi connectivity index (χ4v) is 3.18. The van der Waals surface area contributed by atoms with Crippen molar-refractivity contribution < 1.29 is 9.32 Å². The summed E-state index contributed by atoms with van der Waals surface area (Å²) in [6.07, 6.45) is 4.07. The van der Waals surface area contributed by atoms with Gasteiger partial charge in [0.25, 0.3) is 0 Å². The maximum atomic E-state index is 13.0. The van der Waals surface area contributed by atoms with Crippen LogP contribution in [0.1, 0.15) is 23.4 Å². The van der Waals surface area contributed by atoms with Gasteiger partial charge in [0.1, 0.15) is 0 Å². The van der Waals surface area contributed by atoms with Crippen molar-refractivity contribution in [1.29, 1.82) is 0 Å². The van der Waals surface area contributed by atoms with E-state index < -0.39 is 0 Å². The first-order chi connectivity index (χ1) is 14.8. The fourth-order valence-electron chi connectivity index (χ4n) is 3.18. The van der Waals surface area contributed by atoms with Gasteiger partial charge >= 0.3 is 0 Å². The van der Waals surface area contributed by atoms with Gasteiger partial charge in [-0.05, 0) is 23.3 Å². The van der Waals surface area contributed by atoms with Crippen LogP contribution in [0, 0.1) is 0 Å². The zero-order valence-electron chi connectivity index (χ0n) is 16.5. The molecular weight excluding hydrogens is 376 g/mol. The second kappa shape index (κ2) is 9.60. The third-order valence-electron chi connectivity index (χ3n) is 4.73. The molecule has 0 aliphatic heterocycles. The molecule has 0 spiro atoms. The standard InChI is InChI=1S/C24H22N4O2/c29-23(14-13-22-26-24(27-30-22)21-12-7-15-25-16-21)28(17-19-8-3-1-4-9-19)18-20-10-5-2-6-11-20/h1-12,15-16H,13-14,17-18H2. The molecule has 30 heavy (non-hydrogen) atoms. The monoisotopic (exact) mass is 398 g/mol. The molecule has 6 nitrogen and oxygen atoms in total. The van der Waals surface area contributed by atoms with Crippen molar-refractivity contribution in [2.24, 2.45) is 0 Å². The van der Waals surface area contributed by atoms with E-state index in [4.69, 9.17) is 4.52 Å². The summed E-state index contributed by atoms with van der Waals surface area (Å²) in [6, 6.07) is 23.7. The molecule has 0 unspecified atom stereocenters. The highest BCUT2D eigenvalue weighted by atomic mass is 16.5. The quantitative estimate of drug-likeness (QED) is 0.443. The number of benzene rings is 2. The average Bonchev–Trinajstić information content (AvgIpc) is 3.28. The Bertz CT molecular complexity index is 1020. The minimum atomic E-state index is 0.0452. The van der Waals surface area contributed by atoms with Gasteiger partial charge in [0.2, 0.25) is 17.6 Å². The minimum absolute atomic E-state index is 0.0452. The minimum Gasteiger partial charge on any atom is -0.339 e. The highest BCUT2D eigenvalue weighted by Gasteiger charge is 2.17. The smallest absolute Gasteiger partial charge is 0.227 e. The molecule has 0 N–H and O–H groups in total.